The molecule has 0 aliphatic carbocycles. The monoisotopic (exact) mass is 298 g/mol. The van der Waals surface area contributed by atoms with Crippen molar-refractivity contribution in [3.8, 4) is 0 Å². The first-order chi connectivity index (χ1) is 9.55. The molecule has 0 fully saturated rings. The molecule has 0 amide bonds. The molecule has 1 aromatic carbocycles. The number of benzene rings is 1. The van der Waals surface area contributed by atoms with Gasteiger partial charge in [0.2, 0.25) is 0 Å². The third-order valence-electron chi connectivity index (χ3n) is 2.72. The number of aromatic nitrogens is 2. The van der Waals surface area contributed by atoms with E-state index in [2.05, 4.69) is 10.2 Å². The van der Waals surface area contributed by atoms with E-state index in [-0.39, 0.29) is 17.1 Å². The molecule has 1 heterocycles. The molecule has 0 bridgehead atoms. The van der Waals surface area contributed by atoms with Crippen LogP contribution in [-0.2, 0) is 10.0 Å². The van der Waals surface area contributed by atoms with Crippen molar-refractivity contribution < 1.29 is 12.8 Å². The summed E-state index contributed by atoms with van der Waals surface area (Å²) in [4.78, 5) is 0.0267. The summed E-state index contributed by atoms with van der Waals surface area (Å²) in [5, 5.41) is 6.09. The van der Waals surface area contributed by atoms with Gasteiger partial charge in [0.15, 0.2) is 0 Å². The Hall–Kier alpha value is -1.93. The largest absolute Gasteiger partial charge is 0.330 e. The summed E-state index contributed by atoms with van der Waals surface area (Å²) in [7, 11) is -3.78. The van der Waals surface area contributed by atoms with Gasteiger partial charge in [0.05, 0.1) is 11.9 Å². The summed E-state index contributed by atoms with van der Waals surface area (Å²) in [5.41, 5.74) is 5.70. The Kier molecular flexibility index (Phi) is 4.35. The van der Waals surface area contributed by atoms with E-state index in [4.69, 9.17) is 5.73 Å². The highest BCUT2D eigenvalue weighted by atomic mass is 32.2. The van der Waals surface area contributed by atoms with Crippen LogP contribution in [0.3, 0.4) is 0 Å². The molecule has 0 radical (unpaired) electrons. The molecule has 2 rings (SSSR count). The molecule has 0 aliphatic heterocycles. The lowest BCUT2D eigenvalue weighted by molar-refractivity contribution is 0.589. The molecule has 0 aliphatic rings. The van der Waals surface area contributed by atoms with Crippen molar-refractivity contribution in [2.24, 2.45) is 5.73 Å². The van der Waals surface area contributed by atoms with Gasteiger partial charge < -0.3 is 5.73 Å². The van der Waals surface area contributed by atoms with E-state index in [1.807, 2.05) is 0 Å². The second kappa shape index (κ2) is 6.02. The number of sulfonamides is 1. The van der Waals surface area contributed by atoms with Crippen molar-refractivity contribution in [2.75, 3.05) is 17.4 Å². The lowest BCUT2D eigenvalue weighted by Gasteiger charge is -2.23. The number of halogens is 1. The van der Waals surface area contributed by atoms with Crippen molar-refractivity contribution in [3.05, 3.63) is 42.5 Å². The van der Waals surface area contributed by atoms with Gasteiger partial charge in [-0.2, -0.15) is 5.10 Å². The van der Waals surface area contributed by atoms with Gasteiger partial charge in [-0.15, -0.1) is 0 Å². The van der Waals surface area contributed by atoms with Gasteiger partial charge in [-0.3, -0.25) is 9.40 Å². The van der Waals surface area contributed by atoms with Gasteiger partial charge in [0.1, 0.15) is 10.7 Å². The number of hydrogen-bond donors (Lipinski definition) is 2. The number of anilines is 1. The summed E-state index contributed by atoms with van der Waals surface area (Å²) in [6.07, 6.45) is 2.96. The maximum atomic E-state index is 13.3. The smallest absolute Gasteiger partial charge is 0.267 e. The Balaban J connectivity index is 2.43. The maximum absolute atomic E-state index is 13.3. The second-order valence-electron chi connectivity index (χ2n) is 4.13. The van der Waals surface area contributed by atoms with E-state index in [1.165, 1.54) is 36.7 Å². The Morgan fingerprint density at radius 3 is 2.80 bits per heavy atom. The molecule has 3 N–H and O–H groups in total. The van der Waals surface area contributed by atoms with Crippen LogP contribution < -0.4 is 10.0 Å². The zero-order valence-electron chi connectivity index (χ0n) is 10.7. The fourth-order valence-electron chi connectivity index (χ4n) is 1.76. The third-order valence-corrected chi connectivity index (χ3v) is 4.52. The molecule has 108 valence electrons. The number of rotatable bonds is 6. The average Bonchev–Trinajstić information content (AvgIpc) is 2.93. The van der Waals surface area contributed by atoms with E-state index < -0.39 is 15.8 Å². The third kappa shape index (κ3) is 2.97. The minimum Gasteiger partial charge on any atom is -0.330 e. The lowest BCUT2D eigenvalue weighted by atomic mass is 10.3. The van der Waals surface area contributed by atoms with Crippen molar-refractivity contribution in [3.63, 3.8) is 0 Å². The molecular weight excluding hydrogens is 283 g/mol. The van der Waals surface area contributed by atoms with Crippen LogP contribution >= 0.6 is 0 Å². The van der Waals surface area contributed by atoms with Gasteiger partial charge in [-0.25, -0.2) is 12.8 Å². The van der Waals surface area contributed by atoms with E-state index in [1.54, 1.807) is 0 Å². The van der Waals surface area contributed by atoms with Gasteiger partial charge in [0, 0.05) is 12.7 Å². The summed E-state index contributed by atoms with van der Waals surface area (Å²) >= 11 is 0. The van der Waals surface area contributed by atoms with Crippen LogP contribution in [0, 0.1) is 5.82 Å². The Labute approximate surface area is 116 Å². The molecule has 6 nitrogen and oxygen atoms in total. The zero-order chi connectivity index (χ0) is 14.6. The molecule has 0 saturated carbocycles. The molecule has 1 aromatic heterocycles. The number of nitrogens with one attached hydrogen (secondary N) is 1. The summed E-state index contributed by atoms with van der Waals surface area (Å²) < 4.78 is 39.5. The first kappa shape index (κ1) is 14.5. The van der Waals surface area contributed by atoms with Gasteiger partial charge >= 0.3 is 0 Å². The maximum Gasteiger partial charge on any atom is 0.267 e. The highest BCUT2D eigenvalue weighted by Gasteiger charge is 2.25. The van der Waals surface area contributed by atoms with Crippen LogP contribution in [0.15, 0.2) is 41.6 Å². The Bertz CT molecular complexity index is 658. The number of nitrogens with two attached hydrogens (primary N) is 1. The standard InChI is InChI=1S/C12H15FN4O2S/c13-10-3-1-4-11(7-10)17(6-2-5-14)20(18,19)12-8-15-16-9-12/h1,3-4,7-9H,2,5-6,14H2,(H,15,16). The molecule has 0 unspecified atom stereocenters. The molecule has 20 heavy (non-hydrogen) atoms. The average molecular weight is 298 g/mol. The van der Waals surface area contributed by atoms with Crippen molar-refractivity contribution >= 4 is 15.7 Å². The Morgan fingerprint density at radius 1 is 1.40 bits per heavy atom. The van der Waals surface area contributed by atoms with Crippen LogP contribution in [0.2, 0.25) is 0 Å². The van der Waals surface area contributed by atoms with Crippen molar-refractivity contribution in [1.82, 2.24) is 10.2 Å². The van der Waals surface area contributed by atoms with Crippen LogP contribution in [-0.4, -0.2) is 31.7 Å². The molecular formula is C12H15FN4O2S. The molecule has 0 saturated heterocycles. The number of nitrogens with zero attached hydrogens (tertiary/aromatic N) is 2. The summed E-state index contributed by atoms with van der Waals surface area (Å²) in [6, 6.07) is 5.44. The highest BCUT2D eigenvalue weighted by Crippen LogP contribution is 2.23. The first-order valence-electron chi connectivity index (χ1n) is 6.03. The van der Waals surface area contributed by atoms with Gasteiger partial charge in [0.25, 0.3) is 10.0 Å². The van der Waals surface area contributed by atoms with E-state index in [0.717, 1.165) is 4.31 Å². The molecule has 0 atom stereocenters. The zero-order valence-corrected chi connectivity index (χ0v) is 11.5. The van der Waals surface area contributed by atoms with Crippen LogP contribution in [0.5, 0.6) is 0 Å². The van der Waals surface area contributed by atoms with E-state index in [0.29, 0.717) is 13.0 Å². The van der Waals surface area contributed by atoms with Crippen molar-refractivity contribution in [1.29, 1.82) is 0 Å². The normalized spacial score (nSPS) is 11.5. The van der Waals surface area contributed by atoms with Gasteiger partial charge in [-0.1, -0.05) is 6.07 Å². The van der Waals surface area contributed by atoms with Gasteiger partial charge in [-0.05, 0) is 31.2 Å². The first-order valence-corrected chi connectivity index (χ1v) is 7.47. The summed E-state index contributed by atoms with van der Waals surface area (Å²) in [6.45, 7) is 0.514. The highest BCUT2D eigenvalue weighted by molar-refractivity contribution is 7.92. The quantitative estimate of drug-likeness (QED) is 0.835. The minimum absolute atomic E-state index is 0.0267. The number of aromatic amines is 1. The lowest BCUT2D eigenvalue weighted by Crippen LogP contribution is -2.32. The Morgan fingerprint density at radius 2 is 2.20 bits per heavy atom. The molecule has 2 aromatic rings. The fourth-order valence-corrected chi connectivity index (χ4v) is 3.16. The predicted molar refractivity (Wildman–Crippen MR) is 73.2 cm³/mol. The number of H-pyrrole nitrogens is 1. The minimum atomic E-state index is -3.78. The molecule has 8 heteroatoms. The van der Waals surface area contributed by atoms with E-state index >= 15 is 0 Å². The molecule has 0 spiro atoms. The summed E-state index contributed by atoms with van der Waals surface area (Å²) in [5.74, 6) is -0.498. The number of hydrogen-bond acceptors (Lipinski definition) is 4. The van der Waals surface area contributed by atoms with Crippen LogP contribution in [0.1, 0.15) is 6.42 Å². The fraction of sp³-hybridized carbons (Fsp3) is 0.250. The van der Waals surface area contributed by atoms with Crippen molar-refractivity contribution in [2.45, 2.75) is 11.3 Å². The predicted octanol–water partition coefficient (Wildman–Crippen LogP) is 1.09. The van der Waals surface area contributed by atoms with Crippen LogP contribution in [0.25, 0.3) is 0 Å². The van der Waals surface area contributed by atoms with Crippen LogP contribution in [0.4, 0.5) is 10.1 Å². The second-order valence-corrected chi connectivity index (χ2v) is 6.00. The van der Waals surface area contributed by atoms with E-state index in [9.17, 15) is 12.8 Å². The topological polar surface area (TPSA) is 92.1 Å². The SMILES string of the molecule is NCCCN(c1cccc(F)c1)S(=O)(=O)c1cn[nH]c1.